The molecule has 0 saturated carbocycles. The molecule has 12 heteroatoms. The quantitative estimate of drug-likeness (QED) is 0.547. The van der Waals surface area contributed by atoms with Gasteiger partial charge in [-0.15, -0.1) is 13.2 Å². The molecule has 0 aliphatic carbocycles. The van der Waals surface area contributed by atoms with E-state index in [0.29, 0.717) is 12.8 Å². The average Bonchev–Trinajstić information content (AvgIpc) is 3.19. The van der Waals surface area contributed by atoms with Gasteiger partial charge in [-0.25, -0.2) is 13.2 Å². The van der Waals surface area contributed by atoms with E-state index in [-0.39, 0.29) is 36.8 Å². The first-order chi connectivity index (χ1) is 15.7. The maximum absolute atomic E-state index is 13.1. The molecule has 0 bridgehead atoms. The van der Waals surface area contributed by atoms with E-state index >= 15 is 0 Å². The Kier molecular flexibility index (Phi) is 7.32. The van der Waals surface area contributed by atoms with Crippen molar-refractivity contribution in [3.8, 4) is 5.75 Å². The zero-order valence-electron chi connectivity index (χ0n) is 19.4. The van der Waals surface area contributed by atoms with Crippen LogP contribution in [0, 0.1) is 0 Å². The second kappa shape index (κ2) is 9.57. The normalized spacial score (nSPS) is 16.4. The molecule has 1 aliphatic rings. The Labute approximate surface area is 196 Å². The molecule has 3 rings (SSSR count). The molecule has 0 N–H and O–H groups in total. The Morgan fingerprint density at radius 1 is 1.15 bits per heavy atom. The summed E-state index contributed by atoms with van der Waals surface area (Å²) in [5, 5.41) is 4.45. The van der Waals surface area contributed by atoms with E-state index < -0.39 is 33.0 Å². The van der Waals surface area contributed by atoms with Crippen molar-refractivity contribution >= 4 is 16.0 Å². The third-order valence-corrected chi connectivity index (χ3v) is 7.39. The van der Waals surface area contributed by atoms with Gasteiger partial charge in [0.05, 0.1) is 12.6 Å². The van der Waals surface area contributed by atoms with Gasteiger partial charge in [-0.1, -0.05) is 32.9 Å². The first kappa shape index (κ1) is 26.0. The number of aromatic nitrogens is 2. The molecule has 1 aromatic carbocycles. The van der Waals surface area contributed by atoms with Crippen molar-refractivity contribution in [2.45, 2.75) is 63.3 Å². The zero-order valence-corrected chi connectivity index (χ0v) is 20.2. The molecule has 34 heavy (non-hydrogen) atoms. The van der Waals surface area contributed by atoms with E-state index in [4.69, 9.17) is 4.74 Å². The van der Waals surface area contributed by atoms with Crippen molar-refractivity contribution in [1.82, 2.24) is 14.1 Å². The number of benzene rings is 1. The molecule has 188 valence electrons. The molecule has 1 saturated heterocycles. The molecule has 1 aliphatic heterocycles. The molecule has 2 heterocycles. The predicted octanol–water partition coefficient (Wildman–Crippen LogP) is 4.28. The standard InChI is InChI=1S/C22H28F3N3O5S/c1-5-32-20(29)16-14-19(21(2,3)4)28(26-16)15-10-12-27(13-11-15)34(30,31)18-9-7-6-8-17(18)33-22(23,24)25/h6-9,14-15H,5,10-13H2,1-4H3. The highest BCUT2D eigenvalue weighted by Gasteiger charge is 2.37. The zero-order chi connectivity index (χ0) is 25.3. The third kappa shape index (κ3) is 5.72. The van der Waals surface area contributed by atoms with Crippen LogP contribution in [0.15, 0.2) is 35.2 Å². The molecule has 0 amide bonds. The number of para-hydroxylation sites is 1. The van der Waals surface area contributed by atoms with Crippen LogP contribution in [0.2, 0.25) is 0 Å². The van der Waals surface area contributed by atoms with E-state index in [1.807, 2.05) is 20.8 Å². The van der Waals surface area contributed by atoms with Crippen molar-refractivity contribution in [1.29, 1.82) is 0 Å². The maximum Gasteiger partial charge on any atom is 0.573 e. The number of hydrogen-bond acceptors (Lipinski definition) is 6. The van der Waals surface area contributed by atoms with Gasteiger partial charge < -0.3 is 9.47 Å². The number of alkyl halides is 3. The van der Waals surface area contributed by atoms with Gasteiger partial charge in [0, 0.05) is 24.2 Å². The fourth-order valence-electron chi connectivity index (χ4n) is 3.88. The Bertz CT molecular complexity index is 1130. The van der Waals surface area contributed by atoms with Gasteiger partial charge >= 0.3 is 12.3 Å². The minimum Gasteiger partial charge on any atom is -0.461 e. The average molecular weight is 504 g/mol. The van der Waals surface area contributed by atoms with Crippen molar-refractivity contribution in [2.75, 3.05) is 19.7 Å². The molecule has 8 nitrogen and oxygen atoms in total. The summed E-state index contributed by atoms with van der Waals surface area (Å²) in [4.78, 5) is 11.7. The number of rotatable bonds is 6. The molecule has 0 unspecified atom stereocenters. The molecule has 1 fully saturated rings. The Morgan fingerprint density at radius 2 is 1.76 bits per heavy atom. The summed E-state index contributed by atoms with van der Waals surface area (Å²) in [6.45, 7) is 8.00. The Morgan fingerprint density at radius 3 is 2.32 bits per heavy atom. The lowest BCUT2D eigenvalue weighted by atomic mass is 9.91. The monoisotopic (exact) mass is 503 g/mol. The molecule has 0 spiro atoms. The van der Waals surface area contributed by atoms with Gasteiger partial charge in [-0.3, -0.25) is 4.68 Å². The van der Waals surface area contributed by atoms with Gasteiger partial charge in [0.1, 0.15) is 10.6 Å². The number of sulfonamides is 1. The van der Waals surface area contributed by atoms with E-state index in [9.17, 15) is 26.4 Å². The molecule has 1 aromatic heterocycles. The van der Waals surface area contributed by atoms with Crippen LogP contribution in [-0.4, -0.2) is 54.5 Å². The number of hydrogen-bond donors (Lipinski definition) is 0. The number of carbonyl (C=O) groups excluding carboxylic acids is 1. The summed E-state index contributed by atoms with van der Waals surface area (Å²) in [5.41, 5.74) is 0.648. The third-order valence-electron chi connectivity index (χ3n) is 5.45. The van der Waals surface area contributed by atoms with Gasteiger partial charge in [-0.2, -0.15) is 9.40 Å². The lowest BCUT2D eigenvalue weighted by molar-refractivity contribution is -0.275. The highest BCUT2D eigenvalue weighted by Crippen LogP contribution is 2.35. The molecule has 0 atom stereocenters. The summed E-state index contributed by atoms with van der Waals surface area (Å²) in [6.07, 6.45) is -4.28. The number of halogens is 3. The van der Waals surface area contributed by atoms with Crippen LogP contribution in [0.1, 0.15) is 62.8 Å². The predicted molar refractivity (Wildman–Crippen MR) is 117 cm³/mol. The Hall–Kier alpha value is -2.60. The number of piperidine rings is 1. The lowest BCUT2D eigenvalue weighted by Gasteiger charge is -2.33. The summed E-state index contributed by atoms with van der Waals surface area (Å²) in [5.74, 6) is -1.30. The van der Waals surface area contributed by atoms with Crippen molar-refractivity contribution in [3.63, 3.8) is 0 Å². The van der Waals surface area contributed by atoms with Gasteiger partial charge in [-0.05, 0) is 38.0 Å². The first-order valence-corrected chi connectivity index (χ1v) is 12.3. The van der Waals surface area contributed by atoms with E-state index in [0.717, 1.165) is 22.1 Å². The topological polar surface area (TPSA) is 90.7 Å². The van der Waals surface area contributed by atoms with E-state index in [1.165, 1.54) is 12.1 Å². The number of carbonyl (C=O) groups is 1. The second-order valence-electron chi connectivity index (χ2n) is 8.96. The summed E-state index contributed by atoms with van der Waals surface area (Å²) >= 11 is 0. The van der Waals surface area contributed by atoms with Crippen molar-refractivity contribution in [3.05, 3.63) is 41.7 Å². The van der Waals surface area contributed by atoms with E-state index in [2.05, 4.69) is 9.84 Å². The van der Waals surface area contributed by atoms with E-state index in [1.54, 1.807) is 17.7 Å². The molecular formula is C22H28F3N3O5S. The summed E-state index contributed by atoms with van der Waals surface area (Å²) < 4.78 is 76.4. The SMILES string of the molecule is CCOC(=O)c1cc(C(C)(C)C)n(C2CCN(S(=O)(=O)c3ccccc3OC(F)(F)F)CC2)n1. The highest BCUT2D eigenvalue weighted by atomic mass is 32.2. The van der Waals surface area contributed by atoms with Crippen LogP contribution < -0.4 is 4.74 Å². The first-order valence-electron chi connectivity index (χ1n) is 10.9. The number of ether oxygens (including phenoxy) is 2. The van der Waals surface area contributed by atoms with Crippen LogP contribution in [0.5, 0.6) is 5.75 Å². The minimum atomic E-state index is -5.02. The largest absolute Gasteiger partial charge is 0.573 e. The smallest absolute Gasteiger partial charge is 0.461 e. The fraction of sp³-hybridized carbons (Fsp3) is 0.545. The fourth-order valence-corrected chi connectivity index (χ4v) is 5.46. The minimum absolute atomic E-state index is 0.0749. The summed E-state index contributed by atoms with van der Waals surface area (Å²) in [6, 6.07) is 6.19. The van der Waals surface area contributed by atoms with Crippen LogP contribution >= 0.6 is 0 Å². The summed E-state index contributed by atoms with van der Waals surface area (Å²) in [7, 11) is -4.22. The van der Waals surface area contributed by atoms with Gasteiger partial charge in [0.25, 0.3) is 0 Å². The van der Waals surface area contributed by atoms with Crippen LogP contribution in [0.4, 0.5) is 13.2 Å². The van der Waals surface area contributed by atoms with Crippen molar-refractivity contribution in [2.24, 2.45) is 0 Å². The molecule has 0 radical (unpaired) electrons. The van der Waals surface area contributed by atoms with Crippen LogP contribution in [0.25, 0.3) is 0 Å². The van der Waals surface area contributed by atoms with Gasteiger partial charge in [0.15, 0.2) is 5.69 Å². The Balaban J connectivity index is 1.83. The maximum atomic E-state index is 13.1. The molecular weight excluding hydrogens is 475 g/mol. The van der Waals surface area contributed by atoms with Crippen LogP contribution in [0.3, 0.4) is 0 Å². The van der Waals surface area contributed by atoms with Gasteiger partial charge in [0.2, 0.25) is 10.0 Å². The number of nitrogens with zero attached hydrogens (tertiary/aromatic N) is 3. The molecule has 2 aromatic rings. The van der Waals surface area contributed by atoms with Crippen molar-refractivity contribution < 1.29 is 35.9 Å². The lowest BCUT2D eigenvalue weighted by Crippen LogP contribution is -2.40. The highest BCUT2D eigenvalue weighted by molar-refractivity contribution is 7.89. The number of esters is 1. The van der Waals surface area contributed by atoms with Crippen LogP contribution in [-0.2, 0) is 20.2 Å². The second-order valence-corrected chi connectivity index (χ2v) is 10.9.